The van der Waals surface area contributed by atoms with Crippen LogP contribution in [0.5, 0.6) is 0 Å². The van der Waals surface area contributed by atoms with Crippen LogP contribution in [0.2, 0.25) is 15.1 Å². The molecule has 0 atom stereocenters. The van der Waals surface area contributed by atoms with Crippen LogP contribution in [0.4, 0.5) is 5.69 Å². The maximum Gasteiger partial charge on any atom is 0.0824 e. The number of anilines is 1. The number of pyridine rings is 1. The van der Waals surface area contributed by atoms with E-state index in [9.17, 15) is 0 Å². The summed E-state index contributed by atoms with van der Waals surface area (Å²) in [6.45, 7) is 0. The van der Waals surface area contributed by atoms with E-state index in [1.165, 1.54) is 6.20 Å². The van der Waals surface area contributed by atoms with Crippen molar-refractivity contribution in [2.75, 3.05) is 5.73 Å². The normalized spacial score (nSPS) is 10.4. The topological polar surface area (TPSA) is 38.9 Å². The second-order valence-electron chi connectivity index (χ2n) is 3.21. The van der Waals surface area contributed by atoms with Gasteiger partial charge in [-0.2, -0.15) is 0 Å². The van der Waals surface area contributed by atoms with E-state index in [0.717, 1.165) is 5.56 Å². The van der Waals surface area contributed by atoms with Crippen molar-refractivity contribution in [1.82, 2.24) is 4.98 Å². The molecule has 1 heterocycles. The van der Waals surface area contributed by atoms with Gasteiger partial charge in [0.1, 0.15) is 0 Å². The van der Waals surface area contributed by atoms with E-state index in [1.54, 1.807) is 24.4 Å². The second kappa shape index (κ2) is 4.50. The van der Waals surface area contributed by atoms with Crippen LogP contribution in [0.3, 0.4) is 0 Å². The summed E-state index contributed by atoms with van der Waals surface area (Å²) < 4.78 is 0. The third kappa shape index (κ3) is 2.09. The molecule has 0 amide bonds. The van der Waals surface area contributed by atoms with Crippen LogP contribution in [0, 0.1) is 0 Å². The average molecular weight is 274 g/mol. The molecule has 0 unspecified atom stereocenters. The highest BCUT2D eigenvalue weighted by Crippen LogP contribution is 2.35. The number of nitrogens with zero attached hydrogens (tertiary/aromatic N) is 1. The van der Waals surface area contributed by atoms with Gasteiger partial charge in [-0.05, 0) is 12.1 Å². The number of hydrogen-bond donors (Lipinski definition) is 1. The number of nitrogen functional groups attached to an aromatic ring is 1. The van der Waals surface area contributed by atoms with Crippen LogP contribution in [0.15, 0.2) is 30.6 Å². The molecule has 2 rings (SSSR count). The van der Waals surface area contributed by atoms with Gasteiger partial charge >= 0.3 is 0 Å². The zero-order chi connectivity index (χ0) is 11.7. The summed E-state index contributed by atoms with van der Waals surface area (Å²) in [6, 6.07) is 5.18. The standard InChI is InChI=1S/C11H7Cl3N2/c12-6-1-2-7(9(13)3-6)8-4-16-5-10(14)11(8)15/h1-5H,(H2,15,16). The van der Waals surface area contributed by atoms with Gasteiger partial charge < -0.3 is 5.73 Å². The van der Waals surface area contributed by atoms with Crippen LogP contribution >= 0.6 is 34.8 Å². The van der Waals surface area contributed by atoms with E-state index in [4.69, 9.17) is 40.5 Å². The molecule has 5 heteroatoms. The molecule has 2 N–H and O–H groups in total. The van der Waals surface area contributed by atoms with Crippen LogP contribution in [0.1, 0.15) is 0 Å². The molecule has 82 valence electrons. The lowest BCUT2D eigenvalue weighted by molar-refractivity contribution is 1.33. The van der Waals surface area contributed by atoms with Crippen molar-refractivity contribution in [2.45, 2.75) is 0 Å². The molecule has 1 aromatic carbocycles. The lowest BCUT2D eigenvalue weighted by Crippen LogP contribution is -1.93. The van der Waals surface area contributed by atoms with Crippen LogP contribution in [0.25, 0.3) is 11.1 Å². The van der Waals surface area contributed by atoms with Gasteiger partial charge in [0.05, 0.1) is 15.7 Å². The van der Waals surface area contributed by atoms with E-state index < -0.39 is 0 Å². The monoisotopic (exact) mass is 272 g/mol. The molecule has 0 aliphatic heterocycles. The first-order chi connectivity index (χ1) is 7.59. The molecule has 0 saturated heterocycles. The summed E-state index contributed by atoms with van der Waals surface area (Å²) >= 11 is 17.8. The molecule has 0 aliphatic rings. The van der Waals surface area contributed by atoms with Crippen molar-refractivity contribution in [3.05, 3.63) is 45.7 Å². The van der Waals surface area contributed by atoms with Crippen molar-refractivity contribution < 1.29 is 0 Å². The van der Waals surface area contributed by atoms with Gasteiger partial charge in [0.25, 0.3) is 0 Å². The fraction of sp³-hybridized carbons (Fsp3) is 0. The molecular weight excluding hydrogens is 266 g/mol. The summed E-state index contributed by atoms with van der Waals surface area (Å²) in [5.41, 5.74) is 7.78. The fourth-order valence-corrected chi connectivity index (χ4v) is 2.04. The maximum absolute atomic E-state index is 6.08. The lowest BCUT2D eigenvalue weighted by Gasteiger charge is -2.08. The molecule has 16 heavy (non-hydrogen) atoms. The third-order valence-electron chi connectivity index (χ3n) is 2.16. The Morgan fingerprint density at radius 2 is 1.69 bits per heavy atom. The molecule has 0 aliphatic carbocycles. The van der Waals surface area contributed by atoms with Crippen molar-refractivity contribution in [2.24, 2.45) is 0 Å². The quantitative estimate of drug-likeness (QED) is 0.842. The molecular formula is C11H7Cl3N2. The zero-order valence-electron chi connectivity index (χ0n) is 8.05. The van der Waals surface area contributed by atoms with E-state index in [0.29, 0.717) is 26.3 Å². The average Bonchev–Trinajstić information content (AvgIpc) is 2.23. The second-order valence-corrected chi connectivity index (χ2v) is 4.46. The molecule has 0 saturated carbocycles. The predicted molar refractivity (Wildman–Crippen MR) is 69.1 cm³/mol. The van der Waals surface area contributed by atoms with Gasteiger partial charge in [-0.15, -0.1) is 0 Å². The molecule has 0 fully saturated rings. The van der Waals surface area contributed by atoms with Crippen molar-refractivity contribution in [3.63, 3.8) is 0 Å². The van der Waals surface area contributed by atoms with Gasteiger partial charge in [0.15, 0.2) is 0 Å². The zero-order valence-corrected chi connectivity index (χ0v) is 10.3. The van der Waals surface area contributed by atoms with E-state index in [2.05, 4.69) is 4.98 Å². The number of hydrogen-bond acceptors (Lipinski definition) is 2. The van der Waals surface area contributed by atoms with Gasteiger partial charge in [-0.1, -0.05) is 40.9 Å². The first kappa shape index (κ1) is 11.5. The van der Waals surface area contributed by atoms with Crippen molar-refractivity contribution in [3.8, 4) is 11.1 Å². The highest BCUT2D eigenvalue weighted by atomic mass is 35.5. The van der Waals surface area contributed by atoms with Crippen LogP contribution in [-0.4, -0.2) is 4.98 Å². The number of halogens is 3. The smallest absolute Gasteiger partial charge is 0.0824 e. The van der Waals surface area contributed by atoms with Crippen LogP contribution < -0.4 is 5.73 Å². The van der Waals surface area contributed by atoms with Gasteiger partial charge in [-0.25, -0.2) is 0 Å². The largest absolute Gasteiger partial charge is 0.397 e. The van der Waals surface area contributed by atoms with E-state index >= 15 is 0 Å². The summed E-state index contributed by atoms with van der Waals surface area (Å²) in [6.07, 6.45) is 3.11. The van der Waals surface area contributed by atoms with Crippen molar-refractivity contribution >= 4 is 40.5 Å². The first-order valence-electron chi connectivity index (χ1n) is 4.44. The summed E-state index contributed by atoms with van der Waals surface area (Å²) in [5.74, 6) is 0. The number of benzene rings is 1. The number of rotatable bonds is 1. The molecule has 0 radical (unpaired) electrons. The first-order valence-corrected chi connectivity index (χ1v) is 5.57. The Labute approximate surface area is 108 Å². The van der Waals surface area contributed by atoms with Gasteiger partial charge in [-0.3, -0.25) is 4.98 Å². The number of aromatic nitrogens is 1. The minimum absolute atomic E-state index is 0.406. The molecule has 0 bridgehead atoms. The highest BCUT2D eigenvalue weighted by molar-refractivity contribution is 6.37. The Balaban J connectivity index is 2.63. The molecule has 1 aromatic heterocycles. The summed E-state index contributed by atoms with van der Waals surface area (Å²) in [5, 5.41) is 1.49. The third-order valence-corrected chi connectivity index (χ3v) is 3.01. The maximum atomic E-state index is 6.08. The Kier molecular flexibility index (Phi) is 3.24. The Hall–Kier alpha value is -0.960. The Morgan fingerprint density at radius 3 is 2.38 bits per heavy atom. The van der Waals surface area contributed by atoms with E-state index in [1.807, 2.05) is 0 Å². The minimum atomic E-state index is 0.406. The molecule has 2 nitrogen and oxygen atoms in total. The highest BCUT2D eigenvalue weighted by Gasteiger charge is 2.10. The lowest BCUT2D eigenvalue weighted by atomic mass is 10.1. The van der Waals surface area contributed by atoms with Crippen molar-refractivity contribution in [1.29, 1.82) is 0 Å². The summed E-state index contributed by atoms with van der Waals surface area (Å²) in [4.78, 5) is 3.98. The predicted octanol–water partition coefficient (Wildman–Crippen LogP) is 4.29. The SMILES string of the molecule is Nc1c(Cl)cncc1-c1ccc(Cl)cc1Cl. The fourth-order valence-electron chi connectivity index (χ4n) is 1.37. The summed E-state index contributed by atoms with van der Waals surface area (Å²) in [7, 11) is 0. The Bertz CT molecular complexity index is 541. The van der Waals surface area contributed by atoms with Gasteiger partial charge in [0, 0.05) is 28.5 Å². The minimum Gasteiger partial charge on any atom is -0.397 e. The molecule has 0 spiro atoms. The van der Waals surface area contributed by atoms with Crippen LogP contribution in [-0.2, 0) is 0 Å². The van der Waals surface area contributed by atoms with Gasteiger partial charge in [0.2, 0.25) is 0 Å². The Morgan fingerprint density at radius 1 is 0.938 bits per heavy atom. The number of nitrogens with two attached hydrogens (primary N) is 1. The molecule has 2 aromatic rings. The van der Waals surface area contributed by atoms with E-state index in [-0.39, 0.29) is 0 Å².